The third-order valence-electron chi connectivity index (χ3n) is 3.34. The summed E-state index contributed by atoms with van der Waals surface area (Å²) in [4.78, 5) is 0. The third kappa shape index (κ3) is 7.97. The summed E-state index contributed by atoms with van der Waals surface area (Å²) in [5.74, 6) is -1.24. The highest BCUT2D eigenvalue weighted by Crippen LogP contribution is 2.30. The van der Waals surface area contributed by atoms with E-state index in [0.717, 1.165) is 24.3 Å². The van der Waals surface area contributed by atoms with Crippen LogP contribution in [0.1, 0.15) is 36.0 Å². The first-order chi connectivity index (χ1) is 11.9. The van der Waals surface area contributed by atoms with Crippen LogP contribution >= 0.6 is 0 Å². The third-order valence-corrected chi connectivity index (χ3v) is 3.34. The van der Waals surface area contributed by atoms with Crippen molar-refractivity contribution in [1.82, 2.24) is 0 Å². The van der Waals surface area contributed by atoms with Gasteiger partial charge in [0.05, 0.1) is 5.56 Å². The zero-order valence-corrected chi connectivity index (χ0v) is 13.3. The normalized spacial score (nSPS) is 13.5. The maximum Gasteiger partial charge on any atom is 0.409 e. The Balaban J connectivity index is 2.87. The Bertz CT molecular complexity index is 637. The summed E-state index contributed by atoms with van der Waals surface area (Å²) in [6.45, 7) is 0. The second-order valence-corrected chi connectivity index (χ2v) is 5.38. The second-order valence-electron chi connectivity index (χ2n) is 5.38. The van der Waals surface area contributed by atoms with Crippen molar-refractivity contribution in [2.24, 2.45) is 0 Å². The SMILES string of the molecule is Fc1c(CC/C=C/C(F)(F)F)ccc(CC/C=C/C(F)(F)F)c1C(F)F. The Labute approximate surface area is 144 Å². The monoisotopic (exact) mass is 390 g/mol. The summed E-state index contributed by atoms with van der Waals surface area (Å²) in [5.41, 5.74) is -1.25. The Morgan fingerprint density at radius 3 is 1.62 bits per heavy atom. The quantitative estimate of drug-likeness (QED) is 0.352. The first kappa shape index (κ1) is 22.1. The van der Waals surface area contributed by atoms with Crippen LogP contribution in [-0.2, 0) is 12.8 Å². The van der Waals surface area contributed by atoms with E-state index in [9.17, 15) is 39.5 Å². The summed E-state index contributed by atoms with van der Waals surface area (Å²) in [5, 5.41) is 0. The van der Waals surface area contributed by atoms with Crippen molar-refractivity contribution >= 4 is 0 Å². The first-order valence-corrected chi connectivity index (χ1v) is 7.48. The van der Waals surface area contributed by atoms with Crippen LogP contribution in [0.4, 0.5) is 39.5 Å². The van der Waals surface area contributed by atoms with Gasteiger partial charge < -0.3 is 0 Å². The molecule has 0 N–H and O–H groups in total. The van der Waals surface area contributed by atoms with Crippen LogP contribution < -0.4 is 0 Å². The van der Waals surface area contributed by atoms with Crippen LogP contribution in [0.2, 0.25) is 0 Å². The van der Waals surface area contributed by atoms with E-state index in [1.807, 2.05) is 0 Å². The fourth-order valence-electron chi connectivity index (χ4n) is 2.24. The highest BCUT2D eigenvalue weighted by Gasteiger charge is 2.23. The van der Waals surface area contributed by atoms with E-state index in [1.54, 1.807) is 0 Å². The van der Waals surface area contributed by atoms with Crippen molar-refractivity contribution in [2.45, 2.75) is 44.5 Å². The molecule has 0 radical (unpaired) electrons. The van der Waals surface area contributed by atoms with Gasteiger partial charge in [-0.3, -0.25) is 0 Å². The van der Waals surface area contributed by atoms with Gasteiger partial charge in [-0.1, -0.05) is 24.3 Å². The molecule has 0 spiro atoms. The lowest BCUT2D eigenvalue weighted by molar-refractivity contribution is -0.0810. The van der Waals surface area contributed by atoms with Gasteiger partial charge in [-0.05, 0) is 36.8 Å². The van der Waals surface area contributed by atoms with Crippen LogP contribution in [0, 0.1) is 5.82 Å². The van der Waals surface area contributed by atoms with Gasteiger partial charge in [-0.15, -0.1) is 0 Å². The molecule has 0 unspecified atom stereocenters. The van der Waals surface area contributed by atoms with Crippen molar-refractivity contribution in [3.8, 4) is 0 Å². The number of rotatable bonds is 7. The van der Waals surface area contributed by atoms with Crippen molar-refractivity contribution < 1.29 is 39.5 Å². The summed E-state index contributed by atoms with van der Waals surface area (Å²) >= 11 is 0. The summed E-state index contributed by atoms with van der Waals surface area (Å²) in [6, 6.07) is 2.32. The number of aryl methyl sites for hydroxylation is 2. The standard InChI is InChI=1S/C17H15F9/c18-14-12(6-2-4-10-17(24,25)26)8-7-11(13(14)15(19)20)5-1-3-9-16(21,22)23/h3-4,7-10,15H,1-2,5-6H2/b9-3+,10-4+. The molecule has 0 aliphatic heterocycles. The maximum atomic E-state index is 14.2. The average Bonchev–Trinajstić information content (AvgIpc) is 2.47. The highest BCUT2D eigenvalue weighted by atomic mass is 19.4. The summed E-state index contributed by atoms with van der Waals surface area (Å²) in [6.07, 6.45) is -11.6. The predicted molar refractivity (Wildman–Crippen MR) is 78.4 cm³/mol. The van der Waals surface area contributed by atoms with Gasteiger partial charge in [-0.25, -0.2) is 13.2 Å². The number of allylic oxidation sites excluding steroid dienone is 4. The van der Waals surface area contributed by atoms with E-state index in [-0.39, 0.29) is 49.0 Å². The van der Waals surface area contributed by atoms with Crippen LogP contribution in [0.5, 0.6) is 0 Å². The lowest BCUT2D eigenvalue weighted by atomic mass is 9.97. The lowest BCUT2D eigenvalue weighted by Crippen LogP contribution is -2.04. The Morgan fingerprint density at radius 1 is 0.769 bits per heavy atom. The zero-order valence-electron chi connectivity index (χ0n) is 13.3. The van der Waals surface area contributed by atoms with Crippen LogP contribution in [0.25, 0.3) is 0 Å². The van der Waals surface area contributed by atoms with Gasteiger partial charge in [0, 0.05) is 12.2 Å². The van der Waals surface area contributed by atoms with Crippen molar-refractivity contribution in [3.05, 3.63) is 58.9 Å². The van der Waals surface area contributed by atoms with E-state index in [2.05, 4.69) is 0 Å². The molecule has 9 heteroatoms. The van der Waals surface area contributed by atoms with E-state index in [4.69, 9.17) is 0 Å². The van der Waals surface area contributed by atoms with Crippen molar-refractivity contribution in [2.75, 3.05) is 0 Å². The molecular formula is C17H15F9. The van der Waals surface area contributed by atoms with E-state index in [1.165, 1.54) is 0 Å². The molecule has 1 rings (SSSR count). The van der Waals surface area contributed by atoms with Crippen LogP contribution in [0.15, 0.2) is 36.4 Å². The van der Waals surface area contributed by atoms with Gasteiger partial charge in [0.15, 0.2) is 0 Å². The van der Waals surface area contributed by atoms with Crippen molar-refractivity contribution in [1.29, 1.82) is 0 Å². The molecule has 0 fully saturated rings. The number of halogens is 9. The van der Waals surface area contributed by atoms with Gasteiger partial charge in [0.1, 0.15) is 5.82 Å². The van der Waals surface area contributed by atoms with Gasteiger partial charge in [0.25, 0.3) is 6.43 Å². The molecular weight excluding hydrogens is 375 g/mol. The van der Waals surface area contributed by atoms with Gasteiger partial charge >= 0.3 is 12.4 Å². The first-order valence-electron chi connectivity index (χ1n) is 7.48. The van der Waals surface area contributed by atoms with E-state index < -0.39 is 30.2 Å². The number of hydrogen-bond acceptors (Lipinski definition) is 0. The summed E-state index contributed by atoms with van der Waals surface area (Å²) in [7, 11) is 0. The minimum atomic E-state index is -4.52. The molecule has 0 heterocycles. The van der Waals surface area contributed by atoms with Crippen LogP contribution in [-0.4, -0.2) is 12.4 Å². The van der Waals surface area contributed by atoms with Crippen LogP contribution in [0.3, 0.4) is 0 Å². The molecule has 0 atom stereocenters. The molecule has 0 nitrogen and oxygen atoms in total. The molecule has 0 aromatic heterocycles. The predicted octanol–water partition coefficient (Wildman–Crippen LogP) is 6.87. The van der Waals surface area contributed by atoms with Gasteiger partial charge in [0.2, 0.25) is 0 Å². The molecule has 0 bridgehead atoms. The topological polar surface area (TPSA) is 0 Å². The van der Waals surface area contributed by atoms with Gasteiger partial charge in [-0.2, -0.15) is 26.3 Å². The number of hydrogen-bond donors (Lipinski definition) is 0. The molecule has 0 saturated heterocycles. The Morgan fingerprint density at radius 2 is 1.19 bits per heavy atom. The smallest absolute Gasteiger partial charge is 0.206 e. The molecule has 1 aromatic rings. The molecule has 0 aliphatic rings. The average molecular weight is 390 g/mol. The largest absolute Gasteiger partial charge is 0.409 e. The minimum absolute atomic E-state index is 0.0275. The molecule has 0 aliphatic carbocycles. The molecule has 0 saturated carbocycles. The van der Waals surface area contributed by atoms with Crippen molar-refractivity contribution in [3.63, 3.8) is 0 Å². The maximum absolute atomic E-state index is 14.2. The molecule has 146 valence electrons. The Kier molecular flexibility index (Phi) is 7.77. The zero-order chi connectivity index (χ0) is 20.0. The van der Waals surface area contributed by atoms with E-state index >= 15 is 0 Å². The number of benzene rings is 1. The summed E-state index contributed by atoms with van der Waals surface area (Å²) < 4.78 is 112. The minimum Gasteiger partial charge on any atom is -0.206 e. The molecule has 1 aromatic carbocycles. The van der Waals surface area contributed by atoms with E-state index in [0.29, 0.717) is 0 Å². The lowest BCUT2D eigenvalue weighted by Gasteiger charge is -2.13. The second kappa shape index (κ2) is 9.14. The Hall–Kier alpha value is -1.93. The molecule has 0 amide bonds. The fourth-order valence-corrected chi connectivity index (χ4v) is 2.24. The highest BCUT2D eigenvalue weighted by molar-refractivity contribution is 5.35. The fraction of sp³-hybridized carbons (Fsp3) is 0.412. The molecule has 26 heavy (non-hydrogen) atoms. The number of alkyl halides is 8.